The Labute approximate surface area is 164 Å². The van der Waals surface area contributed by atoms with E-state index in [1.807, 2.05) is 42.5 Å². The number of methoxy groups -OCH3 is 2. The summed E-state index contributed by atoms with van der Waals surface area (Å²) in [6.45, 7) is 1.40. The first-order valence-electron chi connectivity index (χ1n) is 8.97. The zero-order valence-corrected chi connectivity index (χ0v) is 16.3. The number of nitrogens with zero attached hydrogens (tertiary/aromatic N) is 1. The van der Waals surface area contributed by atoms with Crippen molar-refractivity contribution in [2.45, 2.75) is 18.9 Å². The van der Waals surface area contributed by atoms with Crippen molar-refractivity contribution in [3.63, 3.8) is 0 Å². The number of carboxylic acid groups (broad SMARTS) is 1. The molecule has 1 aliphatic heterocycles. The van der Waals surface area contributed by atoms with Gasteiger partial charge in [-0.25, -0.2) is 0 Å². The monoisotopic (exact) mass is 389 g/mol. The summed E-state index contributed by atoms with van der Waals surface area (Å²) in [6.07, 6.45) is 1.26. The smallest absolute Gasteiger partial charge is 0.306 e. The van der Waals surface area contributed by atoms with Crippen molar-refractivity contribution in [2.24, 2.45) is 5.92 Å². The van der Waals surface area contributed by atoms with Gasteiger partial charge < -0.3 is 14.6 Å². The fourth-order valence-electron chi connectivity index (χ4n) is 3.69. The van der Waals surface area contributed by atoms with Gasteiger partial charge >= 0.3 is 5.97 Å². The Morgan fingerprint density at radius 3 is 2.33 bits per heavy atom. The van der Waals surface area contributed by atoms with Crippen LogP contribution < -0.4 is 9.47 Å². The number of likely N-dealkylation sites (tertiary alicyclic amines) is 1. The molecule has 5 nitrogen and oxygen atoms in total. The molecule has 1 saturated heterocycles. The van der Waals surface area contributed by atoms with Crippen LogP contribution in [0.2, 0.25) is 5.02 Å². The van der Waals surface area contributed by atoms with Gasteiger partial charge in [-0.15, -0.1) is 0 Å². The second-order valence-corrected chi connectivity index (χ2v) is 7.15. The van der Waals surface area contributed by atoms with Gasteiger partial charge in [0.15, 0.2) is 0 Å². The average molecular weight is 390 g/mol. The average Bonchev–Trinajstić information content (AvgIpc) is 2.70. The molecule has 0 aromatic heterocycles. The van der Waals surface area contributed by atoms with E-state index in [2.05, 4.69) is 4.90 Å². The summed E-state index contributed by atoms with van der Waals surface area (Å²) in [4.78, 5) is 13.6. The Balaban J connectivity index is 2.01. The number of hydrogen-bond acceptors (Lipinski definition) is 4. The van der Waals surface area contributed by atoms with Gasteiger partial charge in [-0.1, -0.05) is 23.7 Å². The highest BCUT2D eigenvalue weighted by Gasteiger charge is 2.31. The van der Waals surface area contributed by atoms with Crippen molar-refractivity contribution in [1.29, 1.82) is 0 Å². The minimum Gasteiger partial charge on any atom is -0.497 e. The van der Waals surface area contributed by atoms with Gasteiger partial charge in [-0.2, -0.15) is 0 Å². The largest absolute Gasteiger partial charge is 0.497 e. The lowest BCUT2D eigenvalue weighted by Gasteiger charge is -2.37. The summed E-state index contributed by atoms with van der Waals surface area (Å²) < 4.78 is 11.0. The van der Waals surface area contributed by atoms with E-state index in [-0.39, 0.29) is 12.0 Å². The van der Waals surface area contributed by atoms with Crippen LogP contribution in [-0.2, 0) is 4.79 Å². The summed E-state index contributed by atoms with van der Waals surface area (Å²) in [7, 11) is 3.29. The third kappa shape index (κ3) is 4.37. The van der Waals surface area contributed by atoms with E-state index >= 15 is 0 Å². The molecule has 6 heteroatoms. The zero-order valence-electron chi connectivity index (χ0n) is 15.5. The van der Waals surface area contributed by atoms with Crippen LogP contribution in [-0.4, -0.2) is 43.3 Å². The van der Waals surface area contributed by atoms with Gasteiger partial charge in [0.05, 0.1) is 26.2 Å². The van der Waals surface area contributed by atoms with E-state index in [9.17, 15) is 9.90 Å². The second-order valence-electron chi connectivity index (χ2n) is 6.71. The predicted molar refractivity (Wildman–Crippen MR) is 105 cm³/mol. The maximum atomic E-state index is 11.3. The van der Waals surface area contributed by atoms with Crippen molar-refractivity contribution in [2.75, 3.05) is 27.3 Å². The number of ether oxygens (including phenoxy) is 2. The molecule has 0 spiro atoms. The molecule has 2 aromatic carbocycles. The van der Waals surface area contributed by atoms with Crippen LogP contribution >= 0.6 is 11.6 Å². The second kappa shape index (κ2) is 8.63. The number of halogens is 1. The fraction of sp³-hybridized carbons (Fsp3) is 0.381. The lowest BCUT2D eigenvalue weighted by Crippen LogP contribution is -2.39. The highest BCUT2D eigenvalue weighted by Crippen LogP contribution is 2.39. The number of rotatable bonds is 6. The first-order valence-corrected chi connectivity index (χ1v) is 9.35. The molecule has 0 aliphatic carbocycles. The van der Waals surface area contributed by atoms with Gasteiger partial charge in [0.2, 0.25) is 0 Å². The fourth-order valence-corrected chi connectivity index (χ4v) is 3.82. The van der Waals surface area contributed by atoms with Gasteiger partial charge in [0, 0.05) is 10.6 Å². The van der Waals surface area contributed by atoms with Crippen LogP contribution in [0.25, 0.3) is 0 Å². The lowest BCUT2D eigenvalue weighted by atomic mass is 9.91. The van der Waals surface area contributed by atoms with E-state index in [1.54, 1.807) is 14.2 Å². The highest BCUT2D eigenvalue weighted by atomic mass is 35.5. The number of aliphatic carboxylic acids is 1. The highest BCUT2D eigenvalue weighted by molar-refractivity contribution is 6.30. The molecule has 0 bridgehead atoms. The summed E-state index contributed by atoms with van der Waals surface area (Å²) in [5.41, 5.74) is 2.08. The number of benzene rings is 2. The van der Waals surface area contributed by atoms with Crippen LogP contribution in [0.5, 0.6) is 11.5 Å². The zero-order chi connectivity index (χ0) is 19.4. The quantitative estimate of drug-likeness (QED) is 0.800. The van der Waals surface area contributed by atoms with Crippen LogP contribution in [0.3, 0.4) is 0 Å². The molecular formula is C21H24ClNO4. The van der Waals surface area contributed by atoms with Crippen molar-refractivity contribution >= 4 is 17.6 Å². The molecule has 1 atom stereocenters. The Morgan fingerprint density at radius 1 is 1.11 bits per heavy atom. The minimum atomic E-state index is -0.711. The van der Waals surface area contributed by atoms with Gasteiger partial charge in [0.1, 0.15) is 11.5 Å². The number of hydrogen-bond donors (Lipinski definition) is 1. The first kappa shape index (κ1) is 19.5. The number of piperidine rings is 1. The van der Waals surface area contributed by atoms with Gasteiger partial charge in [-0.3, -0.25) is 9.69 Å². The Bertz CT molecular complexity index is 785. The van der Waals surface area contributed by atoms with Crippen molar-refractivity contribution < 1.29 is 19.4 Å². The molecule has 1 heterocycles. The van der Waals surface area contributed by atoms with Crippen molar-refractivity contribution in [3.05, 3.63) is 58.6 Å². The molecule has 0 saturated carbocycles. The molecule has 1 unspecified atom stereocenters. The van der Waals surface area contributed by atoms with E-state index < -0.39 is 5.97 Å². The Morgan fingerprint density at radius 2 is 1.78 bits per heavy atom. The molecule has 1 aliphatic rings. The first-order chi connectivity index (χ1) is 13.0. The standard InChI is InChI=1S/C21H24ClNO4/c1-26-17-7-8-19(27-2)18(13-17)20(14-3-5-16(22)6-4-14)23-11-9-15(10-12-23)21(24)25/h3-8,13,15,20H,9-12H2,1-2H3,(H,24,25). The SMILES string of the molecule is COc1ccc(OC)c(C(c2ccc(Cl)cc2)N2CCC(C(=O)O)CC2)c1. The van der Waals surface area contributed by atoms with Crippen molar-refractivity contribution in [3.8, 4) is 11.5 Å². The van der Waals surface area contributed by atoms with Crippen LogP contribution in [0.15, 0.2) is 42.5 Å². The Kier molecular flexibility index (Phi) is 6.24. The van der Waals surface area contributed by atoms with Gasteiger partial charge in [-0.05, 0) is 61.8 Å². The molecule has 27 heavy (non-hydrogen) atoms. The molecular weight excluding hydrogens is 366 g/mol. The molecule has 1 fully saturated rings. The molecule has 0 amide bonds. The number of carboxylic acids is 1. The summed E-state index contributed by atoms with van der Waals surface area (Å²) in [5.74, 6) is 0.539. The number of carbonyl (C=O) groups is 1. The van der Waals surface area contributed by atoms with Crippen LogP contribution in [0, 0.1) is 5.92 Å². The van der Waals surface area contributed by atoms with Gasteiger partial charge in [0.25, 0.3) is 0 Å². The lowest BCUT2D eigenvalue weighted by molar-refractivity contribution is -0.143. The third-order valence-electron chi connectivity index (χ3n) is 5.16. The van der Waals surface area contributed by atoms with Crippen molar-refractivity contribution in [1.82, 2.24) is 4.90 Å². The Hall–Kier alpha value is -2.24. The minimum absolute atomic E-state index is 0.0675. The third-order valence-corrected chi connectivity index (χ3v) is 5.41. The summed E-state index contributed by atoms with van der Waals surface area (Å²) in [6, 6.07) is 13.5. The van der Waals surface area contributed by atoms with E-state index in [4.69, 9.17) is 21.1 Å². The maximum absolute atomic E-state index is 11.3. The summed E-state index contributed by atoms with van der Waals surface area (Å²) in [5, 5.41) is 9.99. The maximum Gasteiger partial charge on any atom is 0.306 e. The normalized spacial score (nSPS) is 16.7. The topological polar surface area (TPSA) is 59.0 Å². The van der Waals surface area contributed by atoms with Crippen LogP contribution in [0.4, 0.5) is 0 Å². The molecule has 0 radical (unpaired) electrons. The van der Waals surface area contributed by atoms with Crippen LogP contribution in [0.1, 0.15) is 30.0 Å². The molecule has 1 N–H and O–H groups in total. The summed E-state index contributed by atoms with van der Waals surface area (Å²) >= 11 is 6.08. The van der Waals surface area contributed by atoms with E-state index in [0.717, 1.165) is 22.6 Å². The molecule has 2 aromatic rings. The van der Waals surface area contributed by atoms with E-state index in [0.29, 0.717) is 31.0 Å². The predicted octanol–water partition coefficient (Wildman–Crippen LogP) is 4.24. The van der Waals surface area contributed by atoms with E-state index in [1.165, 1.54) is 0 Å². The molecule has 3 rings (SSSR count). The molecule has 144 valence electrons.